The molecule has 0 amide bonds. The lowest BCUT2D eigenvalue weighted by atomic mass is 9.79. The molecule has 0 unspecified atom stereocenters. The number of nitrogens with zero attached hydrogens (tertiary/aromatic N) is 1. The lowest BCUT2D eigenvalue weighted by Crippen LogP contribution is -2.58. The van der Waals surface area contributed by atoms with E-state index in [1.807, 2.05) is 47.4 Å². The zero-order chi connectivity index (χ0) is 39.6. The molecule has 3 aromatic carbocycles. The molecule has 1 fully saturated rings. The molecule has 1 N–H and O–H groups in total. The van der Waals surface area contributed by atoms with Gasteiger partial charge in [-0.15, -0.1) is 0 Å². The van der Waals surface area contributed by atoms with Gasteiger partial charge < -0.3 is 32.7 Å². The van der Waals surface area contributed by atoms with Gasteiger partial charge in [-0.1, -0.05) is 96.1 Å². The summed E-state index contributed by atoms with van der Waals surface area (Å²) in [5, 5.41) is 3.06. The molecule has 0 saturated carbocycles. The third kappa shape index (κ3) is 8.83. The molecule has 296 valence electrons. The van der Waals surface area contributed by atoms with Crippen molar-refractivity contribution in [3.05, 3.63) is 108 Å². The van der Waals surface area contributed by atoms with Gasteiger partial charge in [0.15, 0.2) is 16.6 Å². The standard InChI is InChI=1S/C43H63FN2O6Si2/c1-40(2,3)53(9,10)50-30-42(38(52-54(11,12)41(4,5)6)26-39(51-42)46-28-35(44)27-45-31-46)29-49-43(32-16-14-13-15-17-32,33-18-22-36(47-7)23-19-33)34-20-24-37(48-8)25-21-34/h13-25,28,38-39,45H,26-27,29-31H2,1-12H3/t38-,39+,42+/m0/s1. The van der Waals surface area contributed by atoms with E-state index in [4.69, 9.17) is 27.8 Å². The molecule has 0 bridgehead atoms. The minimum absolute atomic E-state index is 0.0501. The fourth-order valence-corrected chi connectivity index (χ4v) is 8.98. The molecule has 11 heteroatoms. The molecule has 3 atom stereocenters. The maximum atomic E-state index is 14.8. The van der Waals surface area contributed by atoms with Crippen molar-refractivity contribution in [2.75, 3.05) is 40.6 Å². The van der Waals surface area contributed by atoms with Crippen LogP contribution in [-0.4, -0.2) is 80.1 Å². The summed E-state index contributed by atoms with van der Waals surface area (Å²) in [4.78, 5) is 1.91. The Labute approximate surface area is 325 Å². The van der Waals surface area contributed by atoms with E-state index in [0.717, 1.165) is 28.2 Å². The number of benzene rings is 3. The molecular weight excluding hydrogens is 716 g/mol. The van der Waals surface area contributed by atoms with Crippen molar-refractivity contribution in [3.8, 4) is 11.5 Å². The van der Waals surface area contributed by atoms with Crippen LogP contribution >= 0.6 is 0 Å². The molecular formula is C43H63FN2O6Si2. The molecule has 0 aromatic heterocycles. The molecule has 2 aliphatic heterocycles. The second-order valence-electron chi connectivity index (χ2n) is 17.8. The molecule has 5 rings (SSSR count). The minimum atomic E-state index is -2.38. The highest BCUT2D eigenvalue weighted by molar-refractivity contribution is 6.74. The van der Waals surface area contributed by atoms with Crippen LogP contribution in [0.3, 0.4) is 0 Å². The third-order valence-electron chi connectivity index (χ3n) is 12.1. The Hall–Kier alpha value is -3.04. The van der Waals surface area contributed by atoms with E-state index in [1.165, 1.54) is 0 Å². The van der Waals surface area contributed by atoms with Gasteiger partial charge in [-0.2, -0.15) is 0 Å². The molecule has 0 spiro atoms. The van der Waals surface area contributed by atoms with Gasteiger partial charge >= 0.3 is 0 Å². The number of nitrogens with one attached hydrogen (secondary N) is 1. The smallest absolute Gasteiger partial charge is 0.192 e. The number of ether oxygens (including phenoxy) is 4. The Morgan fingerprint density at radius 2 is 1.28 bits per heavy atom. The van der Waals surface area contributed by atoms with Gasteiger partial charge in [0.05, 0.1) is 46.8 Å². The highest BCUT2D eigenvalue weighted by Crippen LogP contribution is 2.48. The van der Waals surface area contributed by atoms with Crippen LogP contribution in [0.15, 0.2) is 90.9 Å². The molecule has 2 aliphatic rings. The fourth-order valence-electron chi connectivity index (χ4n) is 6.56. The van der Waals surface area contributed by atoms with E-state index in [9.17, 15) is 4.39 Å². The Morgan fingerprint density at radius 1 is 0.759 bits per heavy atom. The van der Waals surface area contributed by atoms with Crippen molar-refractivity contribution >= 4 is 16.6 Å². The van der Waals surface area contributed by atoms with E-state index >= 15 is 0 Å². The zero-order valence-electron chi connectivity index (χ0n) is 34.5. The maximum Gasteiger partial charge on any atom is 0.192 e. The van der Waals surface area contributed by atoms with Crippen molar-refractivity contribution in [2.24, 2.45) is 0 Å². The van der Waals surface area contributed by atoms with Crippen molar-refractivity contribution < 1.29 is 32.2 Å². The van der Waals surface area contributed by atoms with Crippen LogP contribution in [0.1, 0.15) is 64.7 Å². The van der Waals surface area contributed by atoms with Crippen LogP contribution in [0.5, 0.6) is 11.5 Å². The van der Waals surface area contributed by atoms with E-state index in [0.29, 0.717) is 13.1 Å². The predicted octanol–water partition coefficient (Wildman–Crippen LogP) is 9.58. The molecule has 3 aromatic rings. The number of methoxy groups -OCH3 is 2. The molecule has 8 nitrogen and oxygen atoms in total. The highest BCUT2D eigenvalue weighted by Gasteiger charge is 2.57. The Bertz CT molecular complexity index is 1660. The van der Waals surface area contributed by atoms with Gasteiger partial charge in [0.25, 0.3) is 0 Å². The molecule has 2 heterocycles. The van der Waals surface area contributed by atoms with Crippen LogP contribution in [0, 0.1) is 0 Å². The Kier molecular flexibility index (Phi) is 12.6. The summed E-state index contributed by atoms with van der Waals surface area (Å²) in [6.07, 6.45) is 1.20. The topological polar surface area (TPSA) is 70.7 Å². The first-order chi connectivity index (χ1) is 25.3. The normalized spacial score (nSPS) is 21.6. The molecule has 0 radical (unpaired) electrons. The number of halogens is 1. The van der Waals surface area contributed by atoms with E-state index in [2.05, 4.69) is 109 Å². The predicted molar refractivity (Wildman–Crippen MR) is 220 cm³/mol. The quantitative estimate of drug-likeness (QED) is 0.128. The second-order valence-corrected chi connectivity index (χ2v) is 27.3. The Balaban J connectivity index is 1.71. The number of hydrogen-bond donors (Lipinski definition) is 1. The summed E-state index contributed by atoms with van der Waals surface area (Å²) >= 11 is 0. The van der Waals surface area contributed by atoms with E-state index in [-0.39, 0.29) is 35.7 Å². The average Bonchev–Trinajstić information content (AvgIpc) is 3.48. The maximum absolute atomic E-state index is 14.8. The number of rotatable bonds is 14. The summed E-state index contributed by atoms with van der Waals surface area (Å²) < 4.78 is 55.4. The SMILES string of the molecule is COc1ccc(C(OC[C@]2(CO[Si](C)(C)C(C)(C)C)O[C@@H](N3C=C(F)CNC3)C[C@@H]2O[Si](C)(C)C(C)(C)C)(c2ccccc2)c2ccc(OC)cc2)cc1. The Morgan fingerprint density at radius 3 is 1.76 bits per heavy atom. The van der Waals surface area contributed by atoms with Crippen LogP contribution in [0.25, 0.3) is 0 Å². The van der Waals surface area contributed by atoms with Crippen molar-refractivity contribution in [1.82, 2.24) is 10.2 Å². The first-order valence-corrected chi connectivity index (χ1v) is 24.9. The molecule has 1 saturated heterocycles. The van der Waals surface area contributed by atoms with Crippen LogP contribution in [0.4, 0.5) is 4.39 Å². The molecule has 0 aliphatic carbocycles. The van der Waals surface area contributed by atoms with Gasteiger partial charge in [-0.3, -0.25) is 5.32 Å². The summed E-state index contributed by atoms with van der Waals surface area (Å²) in [6, 6.07) is 26.4. The first kappa shape index (κ1) is 42.1. The van der Waals surface area contributed by atoms with Gasteiger partial charge in [-0.25, -0.2) is 4.39 Å². The summed E-state index contributed by atoms with van der Waals surface area (Å²) in [6.45, 7) is 23.5. The van der Waals surface area contributed by atoms with Gasteiger partial charge in [0.1, 0.15) is 34.8 Å². The van der Waals surface area contributed by atoms with Crippen LogP contribution < -0.4 is 14.8 Å². The fraction of sp³-hybridized carbons (Fsp3) is 0.535. The highest BCUT2D eigenvalue weighted by atomic mass is 28.4. The van der Waals surface area contributed by atoms with Gasteiger partial charge in [0.2, 0.25) is 0 Å². The van der Waals surface area contributed by atoms with Crippen molar-refractivity contribution in [3.63, 3.8) is 0 Å². The lowest BCUT2D eigenvalue weighted by molar-refractivity contribution is -0.180. The summed E-state index contributed by atoms with van der Waals surface area (Å²) in [5.74, 6) is 1.25. The van der Waals surface area contributed by atoms with Crippen molar-refractivity contribution in [1.29, 1.82) is 0 Å². The molecule has 54 heavy (non-hydrogen) atoms. The van der Waals surface area contributed by atoms with Crippen molar-refractivity contribution in [2.45, 2.75) is 108 Å². The largest absolute Gasteiger partial charge is 0.497 e. The lowest BCUT2D eigenvalue weighted by Gasteiger charge is -2.46. The zero-order valence-corrected chi connectivity index (χ0v) is 36.5. The average molecular weight is 779 g/mol. The first-order valence-electron chi connectivity index (χ1n) is 19.1. The minimum Gasteiger partial charge on any atom is -0.497 e. The van der Waals surface area contributed by atoms with Gasteiger partial charge in [0, 0.05) is 12.6 Å². The van der Waals surface area contributed by atoms with Crippen LogP contribution in [-0.2, 0) is 23.9 Å². The van der Waals surface area contributed by atoms with E-state index < -0.39 is 40.2 Å². The van der Waals surface area contributed by atoms with Gasteiger partial charge in [-0.05, 0) is 77.2 Å². The van der Waals surface area contributed by atoms with E-state index in [1.54, 1.807) is 20.4 Å². The van der Waals surface area contributed by atoms with Crippen LogP contribution in [0.2, 0.25) is 36.3 Å². The monoisotopic (exact) mass is 778 g/mol. The second kappa shape index (κ2) is 16.2. The summed E-state index contributed by atoms with van der Waals surface area (Å²) in [5.41, 5.74) is 0.632. The number of hydrogen-bond acceptors (Lipinski definition) is 8. The summed E-state index contributed by atoms with van der Waals surface area (Å²) in [7, 11) is -1.36. The third-order valence-corrected chi connectivity index (χ3v) is 21.0.